The molecule has 1 aromatic rings. The first-order valence-electron chi connectivity index (χ1n) is 13.8. The summed E-state index contributed by atoms with van der Waals surface area (Å²) in [4.78, 5) is 17.4. The molecule has 1 N–H and O–H groups in total. The Labute approximate surface area is 218 Å². The van der Waals surface area contributed by atoms with Crippen LogP contribution in [0.1, 0.15) is 70.6 Å². The van der Waals surface area contributed by atoms with Crippen molar-refractivity contribution in [3.05, 3.63) is 21.7 Å². The number of ether oxygens (including phenoxy) is 2. The van der Waals surface area contributed by atoms with Crippen molar-refractivity contribution in [3.8, 4) is 0 Å². The Bertz CT molecular complexity index is 905. The van der Waals surface area contributed by atoms with Crippen LogP contribution >= 0.6 is 11.6 Å². The van der Waals surface area contributed by atoms with Crippen molar-refractivity contribution in [1.29, 1.82) is 0 Å². The highest BCUT2D eigenvalue weighted by Gasteiger charge is 2.45. The number of rotatable bonds is 8. The van der Waals surface area contributed by atoms with E-state index >= 15 is 0 Å². The first-order valence-corrected chi connectivity index (χ1v) is 14.1. The number of azide groups is 1. The Kier molecular flexibility index (Phi) is 8.70. The van der Waals surface area contributed by atoms with Crippen LogP contribution in [-0.4, -0.2) is 78.2 Å². The van der Waals surface area contributed by atoms with E-state index in [1.54, 1.807) is 0 Å². The summed E-state index contributed by atoms with van der Waals surface area (Å²) in [6, 6.07) is 2.95. The normalized spacial score (nSPS) is 27.2. The van der Waals surface area contributed by atoms with E-state index in [-0.39, 0.29) is 11.8 Å². The van der Waals surface area contributed by atoms with Crippen LogP contribution in [0, 0.1) is 0 Å². The molecule has 5 rings (SSSR count). The lowest BCUT2D eigenvalue weighted by Crippen LogP contribution is -2.48. The van der Waals surface area contributed by atoms with Crippen molar-refractivity contribution in [1.82, 2.24) is 14.9 Å². The van der Waals surface area contributed by atoms with E-state index in [0.717, 1.165) is 70.4 Å². The highest BCUT2D eigenvalue weighted by atomic mass is 35.5. The second-order valence-corrected chi connectivity index (χ2v) is 10.9. The first kappa shape index (κ1) is 25.8. The molecule has 1 spiro atoms. The molecule has 0 bridgehead atoms. The van der Waals surface area contributed by atoms with Crippen molar-refractivity contribution in [3.63, 3.8) is 0 Å². The van der Waals surface area contributed by atoms with Crippen LogP contribution in [0.5, 0.6) is 0 Å². The molecule has 36 heavy (non-hydrogen) atoms. The molecule has 0 aromatic carbocycles. The van der Waals surface area contributed by atoms with Crippen LogP contribution in [-0.2, 0) is 9.47 Å². The van der Waals surface area contributed by atoms with E-state index in [0.29, 0.717) is 42.9 Å². The fourth-order valence-corrected chi connectivity index (χ4v) is 6.72. The molecule has 0 amide bonds. The van der Waals surface area contributed by atoms with Crippen LogP contribution in [0.15, 0.2) is 11.2 Å². The summed E-state index contributed by atoms with van der Waals surface area (Å²) < 4.78 is 11.9. The minimum Gasteiger partial charge on any atom is -0.356 e. The van der Waals surface area contributed by atoms with Crippen LogP contribution in [0.25, 0.3) is 10.4 Å². The number of nitrogens with one attached hydrogen (secondary N) is 1. The maximum atomic E-state index is 8.72. The van der Waals surface area contributed by atoms with Gasteiger partial charge in [-0.2, -0.15) is 4.98 Å². The fourth-order valence-electron chi connectivity index (χ4n) is 6.54. The molecule has 0 unspecified atom stereocenters. The van der Waals surface area contributed by atoms with Gasteiger partial charge < -0.3 is 19.7 Å². The Balaban J connectivity index is 1.27. The number of nitrogens with zero attached hydrogens (tertiary/aromatic N) is 7. The lowest BCUT2D eigenvalue weighted by atomic mass is 9.88. The monoisotopic (exact) mass is 518 g/mol. The number of hydrogen-bond acceptors (Lipinski definition) is 8. The summed E-state index contributed by atoms with van der Waals surface area (Å²) in [6.07, 6.45) is 11.8. The van der Waals surface area contributed by atoms with E-state index in [4.69, 9.17) is 31.6 Å². The quantitative estimate of drug-likeness (QED) is 0.167. The van der Waals surface area contributed by atoms with E-state index in [1.165, 1.54) is 25.7 Å². The predicted molar refractivity (Wildman–Crippen MR) is 140 cm³/mol. The topological polar surface area (TPSA) is 112 Å². The van der Waals surface area contributed by atoms with E-state index in [9.17, 15) is 0 Å². The maximum Gasteiger partial charge on any atom is 0.226 e. The minimum absolute atomic E-state index is 0.224. The summed E-state index contributed by atoms with van der Waals surface area (Å²) in [5.41, 5.74) is 8.72. The number of hydrogen-bond donors (Lipinski definition) is 1. The number of anilines is 2. The Hall–Kier alpha value is -1.84. The zero-order valence-electron chi connectivity index (χ0n) is 21.2. The van der Waals surface area contributed by atoms with Crippen molar-refractivity contribution in [2.24, 2.45) is 5.11 Å². The van der Waals surface area contributed by atoms with Crippen molar-refractivity contribution >= 4 is 23.4 Å². The Morgan fingerprint density at radius 2 is 1.83 bits per heavy atom. The van der Waals surface area contributed by atoms with Crippen molar-refractivity contribution < 1.29 is 9.47 Å². The van der Waals surface area contributed by atoms with Crippen LogP contribution in [0.3, 0.4) is 0 Å². The number of halogens is 1. The van der Waals surface area contributed by atoms with Gasteiger partial charge in [0.15, 0.2) is 5.79 Å². The molecule has 1 aromatic heterocycles. The standard InChI is InChI=1S/C25H39ClN8O2/c26-22-18-23(33-13-3-1-2-4-14-33)31-24(30-22)29-20-9-15-34(21(20)6-5-12-28-32-27)19-7-10-25(11-8-19)35-16-17-36-25/h18-21H,1-17H2,(H,29,30,31)/t20-,21+/m0/s1. The zero-order valence-corrected chi connectivity index (χ0v) is 21.9. The number of aromatic nitrogens is 2. The molecule has 4 aliphatic rings. The Morgan fingerprint density at radius 3 is 2.56 bits per heavy atom. The van der Waals surface area contributed by atoms with E-state index < -0.39 is 0 Å². The van der Waals surface area contributed by atoms with Crippen LogP contribution in [0.4, 0.5) is 11.8 Å². The summed E-state index contributed by atoms with van der Waals surface area (Å²) >= 11 is 6.46. The van der Waals surface area contributed by atoms with E-state index in [1.807, 2.05) is 6.07 Å². The van der Waals surface area contributed by atoms with Crippen molar-refractivity contribution in [2.45, 2.75) is 94.5 Å². The van der Waals surface area contributed by atoms with Gasteiger partial charge >= 0.3 is 0 Å². The molecule has 2 atom stereocenters. The molecule has 198 valence electrons. The molecule has 4 heterocycles. The summed E-state index contributed by atoms with van der Waals surface area (Å²) in [5, 5.41) is 7.91. The second kappa shape index (κ2) is 12.1. The van der Waals surface area contributed by atoms with Crippen molar-refractivity contribution in [2.75, 3.05) is 49.6 Å². The molecular formula is C25H39ClN8O2. The van der Waals surface area contributed by atoms with Gasteiger partial charge in [0, 0.05) is 68.1 Å². The molecule has 4 fully saturated rings. The molecular weight excluding hydrogens is 480 g/mol. The highest BCUT2D eigenvalue weighted by molar-refractivity contribution is 6.29. The van der Waals surface area contributed by atoms with Gasteiger partial charge in [-0.05, 0) is 50.5 Å². The summed E-state index contributed by atoms with van der Waals surface area (Å²) in [7, 11) is 0. The van der Waals surface area contributed by atoms with Gasteiger partial charge in [0.1, 0.15) is 11.0 Å². The predicted octanol–water partition coefficient (Wildman–Crippen LogP) is 5.14. The average Bonchev–Trinajstić information content (AvgIpc) is 3.39. The zero-order chi connectivity index (χ0) is 24.8. The maximum absolute atomic E-state index is 8.72. The highest BCUT2D eigenvalue weighted by Crippen LogP contribution is 2.40. The third-order valence-corrected chi connectivity index (χ3v) is 8.53. The van der Waals surface area contributed by atoms with E-state index in [2.05, 4.69) is 30.1 Å². The third-order valence-electron chi connectivity index (χ3n) is 8.34. The minimum atomic E-state index is -0.344. The fraction of sp³-hybridized carbons (Fsp3) is 0.840. The van der Waals surface area contributed by atoms with Gasteiger partial charge in [0.2, 0.25) is 5.95 Å². The van der Waals surface area contributed by atoms with Gasteiger partial charge in [-0.1, -0.05) is 29.6 Å². The molecule has 0 radical (unpaired) electrons. The van der Waals surface area contributed by atoms with Gasteiger partial charge in [-0.25, -0.2) is 4.98 Å². The summed E-state index contributed by atoms with van der Waals surface area (Å²) in [5.74, 6) is 1.19. The van der Waals surface area contributed by atoms with Crippen LogP contribution in [0.2, 0.25) is 5.15 Å². The van der Waals surface area contributed by atoms with Gasteiger partial charge in [-0.3, -0.25) is 4.90 Å². The van der Waals surface area contributed by atoms with Gasteiger partial charge in [0.25, 0.3) is 0 Å². The molecule has 3 saturated heterocycles. The molecule has 3 aliphatic heterocycles. The number of likely N-dealkylation sites (tertiary alicyclic amines) is 1. The molecule has 1 aliphatic carbocycles. The molecule has 10 nitrogen and oxygen atoms in total. The SMILES string of the molecule is [N-]=[N+]=NCCC[C@@H]1[C@@H](Nc2nc(Cl)cc(N3CCCCCC3)n2)CCN1C1CCC2(CC1)OCCO2. The smallest absolute Gasteiger partial charge is 0.226 e. The Morgan fingerprint density at radius 1 is 1.08 bits per heavy atom. The lowest BCUT2D eigenvalue weighted by Gasteiger charge is -2.42. The van der Waals surface area contributed by atoms with Gasteiger partial charge in [0.05, 0.1) is 13.2 Å². The third kappa shape index (κ3) is 6.17. The van der Waals surface area contributed by atoms with Crippen LogP contribution < -0.4 is 10.2 Å². The largest absolute Gasteiger partial charge is 0.356 e. The first-order chi connectivity index (χ1) is 17.7. The average molecular weight is 519 g/mol. The molecule has 11 heteroatoms. The van der Waals surface area contributed by atoms with Gasteiger partial charge in [-0.15, -0.1) is 0 Å². The lowest BCUT2D eigenvalue weighted by molar-refractivity contribution is -0.184. The summed E-state index contributed by atoms with van der Waals surface area (Å²) in [6.45, 7) is 5.01. The molecule has 1 saturated carbocycles. The second-order valence-electron chi connectivity index (χ2n) is 10.6.